The van der Waals surface area contributed by atoms with Crippen LogP contribution in [-0.4, -0.2) is 29.6 Å². The lowest BCUT2D eigenvalue weighted by molar-refractivity contribution is 0.574. The molecular weight excluding hydrogens is 244 g/mol. The molecule has 4 nitrogen and oxygen atoms in total. The van der Waals surface area contributed by atoms with Crippen LogP contribution in [0.1, 0.15) is 19.4 Å². The Bertz CT molecular complexity index is 523. The number of aromatic nitrogens is 2. The summed E-state index contributed by atoms with van der Waals surface area (Å²) in [7, 11) is 0. The average Bonchev–Trinajstić information content (AvgIpc) is 2.78. The van der Waals surface area contributed by atoms with Crippen LogP contribution in [0.4, 0.5) is 5.82 Å². The molecule has 0 aromatic carbocycles. The first-order chi connectivity index (χ1) is 8.67. The van der Waals surface area contributed by atoms with Gasteiger partial charge in [-0.25, -0.2) is 9.97 Å². The van der Waals surface area contributed by atoms with Gasteiger partial charge in [0.15, 0.2) is 0 Å². The van der Waals surface area contributed by atoms with Crippen LogP contribution < -0.4 is 10.6 Å². The minimum absolute atomic E-state index is 0.469. The van der Waals surface area contributed by atoms with Crippen molar-refractivity contribution in [2.45, 2.75) is 20.8 Å². The zero-order chi connectivity index (χ0) is 13.1. The molecule has 0 aliphatic rings. The van der Waals surface area contributed by atoms with E-state index in [-0.39, 0.29) is 0 Å². The fourth-order valence-corrected chi connectivity index (χ4v) is 3.02. The molecular formula is C13H20N4S. The highest BCUT2D eigenvalue weighted by Crippen LogP contribution is 2.30. The molecule has 1 atom stereocenters. The van der Waals surface area contributed by atoms with E-state index in [1.54, 1.807) is 17.7 Å². The highest BCUT2D eigenvalue weighted by atomic mass is 32.1. The van der Waals surface area contributed by atoms with Gasteiger partial charge in [0.25, 0.3) is 0 Å². The van der Waals surface area contributed by atoms with Crippen molar-refractivity contribution < 1.29 is 0 Å². The number of rotatable bonds is 5. The number of nitrogens with zero attached hydrogens (tertiary/aromatic N) is 3. The predicted molar refractivity (Wildman–Crippen MR) is 78.3 cm³/mol. The second kappa shape index (κ2) is 5.63. The van der Waals surface area contributed by atoms with Gasteiger partial charge in [-0.05, 0) is 37.3 Å². The summed E-state index contributed by atoms with van der Waals surface area (Å²) in [6.45, 7) is 8.99. The van der Waals surface area contributed by atoms with Gasteiger partial charge in [0, 0.05) is 13.1 Å². The fraction of sp³-hybridized carbons (Fsp3) is 0.538. The molecule has 0 bridgehead atoms. The van der Waals surface area contributed by atoms with Crippen molar-refractivity contribution >= 4 is 27.4 Å². The molecule has 0 radical (unpaired) electrons. The van der Waals surface area contributed by atoms with Gasteiger partial charge in [-0.15, -0.1) is 11.3 Å². The van der Waals surface area contributed by atoms with E-state index in [1.807, 2.05) is 0 Å². The molecule has 0 spiro atoms. The first kappa shape index (κ1) is 13.2. The van der Waals surface area contributed by atoms with Crippen LogP contribution in [0.3, 0.4) is 0 Å². The van der Waals surface area contributed by atoms with Gasteiger partial charge in [-0.2, -0.15) is 0 Å². The summed E-state index contributed by atoms with van der Waals surface area (Å²) < 4.78 is 1.18. The fourth-order valence-electron chi connectivity index (χ4n) is 2.00. The predicted octanol–water partition coefficient (Wildman–Crippen LogP) is 2.42. The van der Waals surface area contributed by atoms with Crippen LogP contribution in [0.15, 0.2) is 11.7 Å². The number of hydrogen-bond acceptors (Lipinski definition) is 5. The molecule has 18 heavy (non-hydrogen) atoms. The van der Waals surface area contributed by atoms with Crippen LogP contribution in [0.2, 0.25) is 0 Å². The summed E-state index contributed by atoms with van der Waals surface area (Å²) in [5.74, 6) is 1.51. The number of thiophene rings is 1. The van der Waals surface area contributed by atoms with Crippen LogP contribution in [-0.2, 0) is 0 Å². The Labute approximate surface area is 112 Å². The maximum Gasteiger partial charge on any atom is 0.150 e. The monoisotopic (exact) mass is 264 g/mol. The van der Waals surface area contributed by atoms with Gasteiger partial charge in [-0.1, -0.05) is 6.92 Å². The molecule has 1 unspecified atom stereocenters. The van der Waals surface area contributed by atoms with E-state index in [9.17, 15) is 0 Å². The normalized spacial score (nSPS) is 12.9. The zero-order valence-electron chi connectivity index (χ0n) is 11.2. The lowest BCUT2D eigenvalue weighted by atomic mass is 10.1. The maximum atomic E-state index is 5.71. The average molecular weight is 264 g/mol. The molecule has 98 valence electrons. The van der Waals surface area contributed by atoms with E-state index in [4.69, 9.17) is 5.73 Å². The van der Waals surface area contributed by atoms with Crippen molar-refractivity contribution in [2.75, 3.05) is 24.5 Å². The topological polar surface area (TPSA) is 55.0 Å². The first-order valence-corrected chi connectivity index (χ1v) is 7.19. The van der Waals surface area contributed by atoms with E-state index in [0.717, 1.165) is 24.4 Å². The quantitative estimate of drug-likeness (QED) is 0.901. The molecule has 0 amide bonds. The third kappa shape index (κ3) is 2.47. The maximum absolute atomic E-state index is 5.71. The standard InChI is InChI=1S/C13H20N4S/c1-4-17(6-9(2)5-14)13-12-11(15-8-16-13)10(3)7-18-12/h7-9H,4-6,14H2,1-3H3. The number of fused-ring (bicyclic) bond motifs is 1. The van der Waals surface area contributed by atoms with Crippen molar-refractivity contribution in [1.82, 2.24) is 9.97 Å². The third-order valence-corrected chi connectivity index (χ3v) is 4.21. The SMILES string of the molecule is CCN(CC(C)CN)c1ncnc2c(C)csc12. The van der Waals surface area contributed by atoms with Crippen LogP contribution >= 0.6 is 11.3 Å². The van der Waals surface area contributed by atoms with E-state index in [0.29, 0.717) is 12.5 Å². The van der Waals surface area contributed by atoms with Gasteiger partial charge in [0.1, 0.15) is 12.1 Å². The largest absolute Gasteiger partial charge is 0.355 e. The summed E-state index contributed by atoms with van der Waals surface area (Å²) >= 11 is 1.72. The molecule has 0 aliphatic carbocycles. The lowest BCUT2D eigenvalue weighted by Gasteiger charge is -2.25. The van der Waals surface area contributed by atoms with E-state index < -0.39 is 0 Å². The Balaban J connectivity index is 2.38. The van der Waals surface area contributed by atoms with Crippen molar-refractivity contribution in [3.05, 3.63) is 17.3 Å². The summed E-state index contributed by atoms with van der Waals surface area (Å²) in [5.41, 5.74) is 8.01. The van der Waals surface area contributed by atoms with E-state index in [2.05, 4.69) is 41.0 Å². The Morgan fingerprint density at radius 1 is 1.44 bits per heavy atom. The zero-order valence-corrected chi connectivity index (χ0v) is 12.0. The molecule has 5 heteroatoms. The van der Waals surface area contributed by atoms with Crippen LogP contribution in [0, 0.1) is 12.8 Å². The van der Waals surface area contributed by atoms with Gasteiger partial charge >= 0.3 is 0 Å². The van der Waals surface area contributed by atoms with Crippen molar-refractivity contribution in [3.63, 3.8) is 0 Å². The van der Waals surface area contributed by atoms with Gasteiger partial charge in [0.05, 0.1) is 10.2 Å². The minimum atomic E-state index is 0.469. The first-order valence-electron chi connectivity index (χ1n) is 6.31. The molecule has 0 aliphatic heterocycles. The molecule has 2 aromatic heterocycles. The van der Waals surface area contributed by atoms with Crippen molar-refractivity contribution in [1.29, 1.82) is 0 Å². The van der Waals surface area contributed by atoms with Crippen LogP contribution in [0.25, 0.3) is 10.2 Å². The van der Waals surface area contributed by atoms with Gasteiger partial charge in [-0.3, -0.25) is 0 Å². The summed E-state index contributed by atoms with van der Waals surface area (Å²) in [4.78, 5) is 11.1. The summed E-state index contributed by atoms with van der Waals surface area (Å²) in [5, 5.41) is 2.14. The molecule has 2 aromatic rings. The second-order valence-electron chi connectivity index (χ2n) is 4.67. The van der Waals surface area contributed by atoms with Crippen molar-refractivity contribution in [2.24, 2.45) is 11.7 Å². The molecule has 0 saturated heterocycles. The van der Waals surface area contributed by atoms with Gasteiger partial charge in [0.2, 0.25) is 0 Å². The molecule has 2 rings (SSSR count). The molecule has 2 N–H and O–H groups in total. The highest BCUT2D eigenvalue weighted by Gasteiger charge is 2.15. The van der Waals surface area contributed by atoms with E-state index in [1.165, 1.54) is 10.3 Å². The summed E-state index contributed by atoms with van der Waals surface area (Å²) in [6, 6.07) is 0. The Hall–Kier alpha value is -1.20. The lowest BCUT2D eigenvalue weighted by Crippen LogP contribution is -2.32. The number of aryl methyl sites for hydroxylation is 1. The highest BCUT2D eigenvalue weighted by molar-refractivity contribution is 7.18. The molecule has 0 fully saturated rings. The third-order valence-electron chi connectivity index (χ3n) is 3.13. The Morgan fingerprint density at radius 3 is 2.89 bits per heavy atom. The van der Waals surface area contributed by atoms with Crippen molar-refractivity contribution in [3.8, 4) is 0 Å². The number of hydrogen-bond donors (Lipinski definition) is 1. The Morgan fingerprint density at radius 2 is 2.22 bits per heavy atom. The summed E-state index contributed by atoms with van der Waals surface area (Å²) in [6.07, 6.45) is 1.66. The van der Waals surface area contributed by atoms with Gasteiger partial charge < -0.3 is 10.6 Å². The molecule has 2 heterocycles. The minimum Gasteiger partial charge on any atom is -0.355 e. The second-order valence-corrected chi connectivity index (χ2v) is 5.55. The Kier molecular flexibility index (Phi) is 4.14. The smallest absolute Gasteiger partial charge is 0.150 e. The van der Waals surface area contributed by atoms with Crippen LogP contribution in [0.5, 0.6) is 0 Å². The number of nitrogens with two attached hydrogens (primary N) is 1. The number of anilines is 1. The van der Waals surface area contributed by atoms with E-state index >= 15 is 0 Å². The molecule has 0 saturated carbocycles.